The molecule has 0 unspecified atom stereocenters. The smallest absolute Gasteiger partial charge is 0.323 e. The number of nitrogens with zero attached hydrogens (tertiary/aromatic N) is 2. The summed E-state index contributed by atoms with van der Waals surface area (Å²) in [6.45, 7) is 0.440. The van der Waals surface area contributed by atoms with Gasteiger partial charge in [0, 0.05) is 18.0 Å². The van der Waals surface area contributed by atoms with Gasteiger partial charge in [-0.05, 0) is 28.8 Å². The number of rotatable bonds is 7. The number of hydrogen-bond donors (Lipinski definition) is 1. The van der Waals surface area contributed by atoms with Gasteiger partial charge >= 0.3 is 5.97 Å². The molecule has 28 heavy (non-hydrogen) atoms. The third-order valence-corrected chi connectivity index (χ3v) is 4.58. The number of aliphatic carboxylic acids is 1. The number of benzene rings is 2. The number of carboxylic acid groups (broad SMARTS) is 1. The predicted octanol–water partition coefficient (Wildman–Crippen LogP) is 4.41. The van der Waals surface area contributed by atoms with Gasteiger partial charge in [0.1, 0.15) is 17.9 Å². The van der Waals surface area contributed by atoms with Crippen LogP contribution in [0.5, 0.6) is 5.75 Å². The van der Waals surface area contributed by atoms with E-state index in [1.165, 1.54) is 16.7 Å². The Bertz CT molecular complexity index is 1100. The van der Waals surface area contributed by atoms with Crippen molar-refractivity contribution in [2.75, 3.05) is 6.61 Å². The monoisotopic (exact) mass is 372 g/mol. The molecule has 1 N–H and O–H groups in total. The Morgan fingerprint density at radius 2 is 1.82 bits per heavy atom. The van der Waals surface area contributed by atoms with Crippen molar-refractivity contribution in [3.05, 3.63) is 84.7 Å². The molecule has 0 saturated heterocycles. The van der Waals surface area contributed by atoms with Crippen molar-refractivity contribution in [2.24, 2.45) is 0 Å². The lowest BCUT2D eigenvalue weighted by molar-refractivity contribution is -0.137. The van der Waals surface area contributed by atoms with Crippen LogP contribution in [0.15, 0.2) is 79.1 Å². The molecule has 0 aliphatic heterocycles. The molecule has 0 amide bonds. The highest BCUT2D eigenvalue weighted by atomic mass is 16.5. The molecule has 2 aromatic heterocycles. The zero-order valence-corrected chi connectivity index (χ0v) is 15.3. The lowest BCUT2D eigenvalue weighted by atomic mass is 10.0. The minimum atomic E-state index is -0.891. The Morgan fingerprint density at radius 3 is 2.64 bits per heavy atom. The fraction of sp³-hybridized carbons (Fsp3) is 0.130. The Hall–Kier alpha value is -3.60. The van der Waals surface area contributed by atoms with Gasteiger partial charge in [-0.1, -0.05) is 54.6 Å². The van der Waals surface area contributed by atoms with Crippen LogP contribution in [-0.2, 0) is 17.8 Å². The second kappa shape index (κ2) is 7.96. The summed E-state index contributed by atoms with van der Waals surface area (Å²) in [4.78, 5) is 15.2. The van der Waals surface area contributed by atoms with Crippen molar-refractivity contribution < 1.29 is 14.6 Å². The SMILES string of the molecule is O=C(O)Cn1ccc2cc(OCCc3cccc(-c4ccccc4)c3)cnc21. The molecular formula is C23H20N2O3. The van der Waals surface area contributed by atoms with E-state index in [-0.39, 0.29) is 6.54 Å². The first-order valence-electron chi connectivity index (χ1n) is 9.13. The van der Waals surface area contributed by atoms with Gasteiger partial charge in [-0.2, -0.15) is 0 Å². The van der Waals surface area contributed by atoms with E-state index in [1.54, 1.807) is 17.0 Å². The highest BCUT2D eigenvalue weighted by molar-refractivity contribution is 5.79. The van der Waals surface area contributed by atoms with E-state index in [9.17, 15) is 4.79 Å². The summed E-state index contributed by atoms with van der Waals surface area (Å²) in [5, 5.41) is 9.81. The van der Waals surface area contributed by atoms with Crippen molar-refractivity contribution in [1.29, 1.82) is 0 Å². The van der Waals surface area contributed by atoms with Crippen LogP contribution in [-0.4, -0.2) is 27.2 Å². The fourth-order valence-electron chi connectivity index (χ4n) is 3.23. The van der Waals surface area contributed by atoms with Gasteiger partial charge in [-0.3, -0.25) is 4.79 Å². The quantitative estimate of drug-likeness (QED) is 0.522. The van der Waals surface area contributed by atoms with Gasteiger partial charge < -0.3 is 14.4 Å². The van der Waals surface area contributed by atoms with Gasteiger partial charge in [-0.15, -0.1) is 0 Å². The first-order chi connectivity index (χ1) is 13.7. The van der Waals surface area contributed by atoms with Crippen molar-refractivity contribution in [3.8, 4) is 16.9 Å². The number of ether oxygens (including phenoxy) is 1. The molecule has 5 heteroatoms. The topological polar surface area (TPSA) is 64.3 Å². The second-order valence-corrected chi connectivity index (χ2v) is 6.59. The second-order valence-electron chi connectivity index (χ2n) is 6.59. The van der Waals surface area contributed by atoms with Crippen LogP contribution in [0.3, 0.4) is 0 Å². The summed E-state index contributed by atoms with van der Waals surface area (Å²) >= 11 is 0. The summed E-state index contributed by atoms with van der Waals surface area (Å²) < 4.78 is 7.47. The van der Waals surface area contributed by atoms with Crippen molar-refractivity contribution >= 4 is 17.0 Å². The summed E-state index contributed by atoms with van der Waals surface area (Å²) in [5.74, 6) is -0.211. The highest BCUT2D eigenvalue weighted by Crippen LogP contribution is 2.22. The number of pyridine rings is 1. The van der Waals surface area contributed by atoms with Crippen molar-refractivity contribution in [3.63, 3.8) is 0 Å². The van der Waals surface area contributed by atoms with Crippen LogP contribution in [0.4, 0.5) is 0 Å². The first-order valence-corrected chi connectivity index (χ1v) is 9.13. The zero-order chi connectivity index (χ0) is 19.3. The van der Waals surface area contributed by atoms with E-state index < -0.39 is 5.97 Å². The van der Waals surface area contributed by atoms with E-state index >= 15 is 0 Å². The summed E-state index contributed by atoms with van der Waals surface area (Å²) in [5.41, 5.74) is 4.25. The normalized spacial score (nSPS) is 10.9. The maximum Gasteiger partial charge on any atom is 0.323 e. The van der Waals surface area contributed by atoms with Crippen LogP contribution in [0, 0.1) is 0 Å². The maximum absolute atomic E-state index is 10.9. The van der Waals surface area contributed by atoms with Crippen LogP contribution in [0.2, 0.25) is 0 Å². The average molecular weight is 372 g/mol. The molecule has 5 nitrogen and oxygen atoms in total. The molecule has 2 heterocycles. The average Bonchev–Trinajstić information content (AvgIpc) is 3.10. The molecule has 2 aromatic carbocycles. The van der Waals surface area contributed by atoms with Gasteiger partial charge in [0.25, 0.3) is 0 Å². The molecule has 4 aromatic rings. The largest absolute Gasteiger partial charge is 0.492 e. The third kappa shape index (κ3) is 4.04. The molecular weight excluding hydrogens is 352 g/mol. The van der Waals surface area contributed by atoms with Gasteiger partial charge in [0.2, 0.25) is 0 Å². The van der Waals surface area contributed by atoms with E-state index in [1.807, 2.05) is 30.3 Å². The van der Waals surface area contributed by atoms with Crippen molar-refractivity contribution in [2.45, 2.75) is 13.0 Å². The first kappa shape index (κ1) is 17.8. The molecule has 0 aliphatic carbocycles. The Kier molecular flexibility index (Phi) is 5.06. The van der Waals surface area contributed by atoms with Gasteiger partial charge in [0.15, 0.2) is 0 Å². The number of hydrogen-bond acceptors (Lipinski definition) is 3. The lowest BCUT2D eigenvalue weighted by Gasteiger charge is -2.08. The van der Waals surface area contributed by atoms with E-state index in [4.69, 9.17) is 9.84 Å². The number of carbonyl (C=O) groups is 1. The minimum Gasteiger partial charge on any atom is -0.492 e. The molecule has 0 spiro atoms. The number of aromatic nitrogens is 2. The highest BCUT2D eigenvalue weighted by Gasteiger charge is 2.07. The lowest BCUT2D eigenvalue weighted by Crippen LogP contribution is -2.08. The summed E-state index contributed by atoms with van der Waals surface area (Å²) in [6.07, 6.45) is 4.16. The Labute approximate surface area is 162 Å². The van der Waals surface area contributed by atoms with Crippen molar-refractivity contribution in [1.82, 2.24) is 9.55 Å². The van der Waals surface area contributed by atoms with Crippen LogP contribution < -0.4 is 4.74 Å². The Balaban J connectivity index is 1.41. The molecule has 0 fully saturated rings. The van der Waals surface area contributed by atoms with E-state index in [0.29, 0.717) is 18.0 Å². The number of carboxylic acids is 1. The predicted molar refractivity (Wildman–Crippen MR) is 108 cm³/mol. The molecule has 0 atom stereocenters. The standard InChI is InChI=1S/C23H20N2O3/c26-22(27)16-25-11-9-20-14-21(15-24-23(20)25)28-12-10-17-5-4-8-19(13-17)18-6-2-1-3-7-18/h1-9,11,13-15H,10,12,16H2,(H,26,27). The molecule has 4 rings (SSSR count). The fourth-order valence-corrected chi connectivity index (χ4v) is 3.23. The van der Waals surface area contributed by atoms with Gasteiger partial charge in [-0.25, -0.2) is 4.98 Å². The van der Waals surface area contributed by atoms with E-state index in [0.717, 1.165) is 11.8 Å². The van der Waals surface area contributed by atoms with Gasteiger partial charge in [0.05, 0.1) is 12.8 Å². The maximum atomic E-state index is 10.9. The Morgan fingerprint density at radius 1 is 1.00 bits per heavy atom. The molecule has 140 valence electrons. The summed E-state index contributed by atoms with van der Waals surface area (Å²) in [7, 11) is 0. The minimum absolute atomic E-state index is 0.103. The molecule has 0 bridgehead atoms. The zero-order valence-electron chi connectivity index (χ0n) is 15.3. The van der Waals surface area contributed by atoms with E-state index in [2.05, 4.69) is 41.4 Å². The summed E-state index contributed by atoms with van der Waals surface area (Å²) in [6, 6.07) is 22.5. The van der Waals surface area contributed by atoms with Crippen LogP contribution in [0.25, 0.3) is 22.2 Å². The molecule has 0 aliphatic rings. The van der Waals surface area contributed by atoms with Crippen LogP contribution in [0.1, 0.15) is 5.56 Å². The third-order valence-electron chi connectivity index (χ3n) is 4.58. The molecule has 0 radical (unpaired) electrons. The van der Waals surface area contributed by atoms with Crippen LogP contribution >= 0.6 is 0 Å². The molecule has 0 saturated carbocycles. The number of fused-ring (bicyclic) bond motifs is 1.